The first-order valence-electron chi connectivity index (χ1n) is 4.59. The molecule has 0 saturated heterocycles. The van der Waals surface area contributed by atoms with E-state index in [9.17, 15) is 0 Å². The van der Waals surface area contributed by atoms with Crippen LogP contribution in [0.25, 0.3) is 21.7 Å². The van der Waals surface area contributed by atoms with Crippen molar-refractivity contribution in [3.63, 3.8) is 0 Å². The molecule has 1 heterocycles. The average Bonchev–Trinajstić information content (AvgIpc) is 2.29. The van der Waals surface area contributed by atoms with E-state index >= 15 is 0 Å². The Labute approximate surface area is 82.0 Å². The highest BCUT2D eigenvalue weighted by molar-refractivity contribution is 6.05. The Morgan fingerprint density at radius 2 is 1.93 bits per heavy atom. The topological polar surface area (TPSA) is 12.9 Å². The highest BCUT2D eigenvalue weighted by Crippen LogP contribution is 2.22. The van der Waals surface area contributed by atoms with Crippen molar-refractivity contribution in [3.8, 4) is 0 Å². The van der Waals surface area contributed by atoms with Crippen LogP contribution in [0.3, 0.4) is 0 Å². The molecule has 0 spiro atoms. The van der Waals surface area contributed by atoms with E-state index in [1.165, 1.54) is 10.8 Å². The van der Waals surface area contributed by atoms with Crippen molar-refractivity contribution in [3.05, 3.63) is 54.7 Å². The van der Waals surface area contributed by atoms with Crippen LogP contribution in [-0.2, 0) is 0 Å². The van der Waals surface area contributed by atoms with E-state index in [0.717, 1.165) is 10.9 Å². The predicted octanol–water partition coefficient (Wildman–Crippen LogP) is 3.19. The van der Waals surface area contributed by atoms with Gasteiger partial charge in [-0.1, -0.05) is 30.3 Å². The van der Waals surface area contributed by atoms with Crippen molar-refractivity contribution in [1.29, 1.82) is 0 Å². The number of hydrogen-bond acceptors (Lipinski definition) is 1. The lowest BCUT2D eigenvalue weighted by atomic mass is 10.1. The molecule has 0 atom stereocenters. The molecule has 0 aliphatic carbocycles. The van der Waals surface area contributed by atoms with Crippen molar-refractivity contribution < 1.29 is 0 Å². The predicted molar refractivity (Wildman–Crippen MR) is 58.1 cm³/mol. The van der Waals surface area contributed by atoms with Gasteiger partial charge in [0.15, 0.2) is 0 Å². The average molecular weight is 178 g/mol. The molecular formula is C13H8N. The van der Waals surface area contributed by atoms with E-state index in [0.29, 0.717) is 0 Å². The van der Waals surface area contributed by atoms with Crippen LogP contribution < -0.4 is 0 Å². The lowest BCUT2D eigenvalue weighted by Crippen LogP contribution is -1.79. The number of benzene rings is 2. The Hall–Kier alpha value is -1.89. The minimum Gasteiger partial charge on any atom is -0.256 e. The summed E-state index contributed by atoms with van der Waals surface area (Å²) in [7, 11) is 0. The zero-order valence-corrected chi connectivity index (χ0v) is 7.57. The third-order valence-corrected chi connectivity index (χ3v) is 2.42. The molecule has 0 aliphatic heterocycles. The number of fused-ring (bicyclic) bond motifs is 3. The van der Waals surface area contributed by atoms with Crippen LogP contribution in [0, 0.1) is 6.07 Å². The Balaban J connectivity index is 2.61. The Morgan fingerprint density at radius 1 is 1.00 bits per heavy atom. The van der Waals surface area contributed by atoms with Gasteiger partial charge in [-0.15, -0.1) is 0 Å². The van der Waals surface area contributed by atoms with Gasteiger partial charge in [0.05, 0.1) is 5.52 Å². The summed E-state index contributed by atoms with van der Waals surface area (Å²) in [6.07, 6.45) is 1.77. The second-order valence-electron chi connectivity index (χ2n) is 3.27. The molecule has 1 nitrogen and oxygen atoms in total. The zero-order chi connectivity index (χ0) is 9.38. The Kier molecular flexibility index (Phi) is 1.51. The van der Waals surface area contributed by atoms with Crippen LogP contribution in [0.5, 0.6) is 0 Å². The molecule has 3 aromatic rings. The first-order valence-corrected chi connectivity index (χ1v) is 4.59. The number of nitrogens with zero attached hydrogens (tertiary/aromatic N) is 1. The zero-order valence-electron chi connectivity index (χ0n) is 7.57. The minimum atomic E-state index is 1.01. The van der Waals surface area contributed by atoms with Gasteiger partial charge in [0.1, 0.15) is 0 Å². The van der Waals surface area contributed by atoms with Gasteiger partial charge in [-0.3, -0.25) is 4.98 Å². The van der Waals surface area contributed by atoms with Crippen molar-refractivity contribution in [2.45, 2.75) is 0 Å². The molecule has 14 heavy (non-hydrogen) atoms. The molecule has 0 unspecified atom stereocenters. The first kappa shape index (κ1) is 7.51. The smallest absolute Gasteiger partial charge is 0.0714 e. The summed E-state index contributed by atoms with van der Waals surface area (Å²) in [5.41, 5.74) is 1.01. The monoisotopic (exact) mass is 178 g/mol. The highest BCUT2D eigenvalue weighted by Gasteiger charge is 1.98. The van der Waals surface area contributed by atoms with Gasteiger partial charge < -0.3 is 0 Å². The van der Waals surface area contributed by atoms with Crippen LogP contribution >= 0.6 is 0 Å². The maximum Gasteiger partial charge on any atom is 0.0714 e. The van der Waals surface area contributed by atoms with E-state index in [2.05, 4.69) is 29.2 Å². The molecule has 2 aromatic carbocycles. The van der Waals surface area contributed by atoms with Crippen LogP contribution in [0.4, 0.5) is 0 Å². The maximum atomic E-state index is 4.30. The Morgan fingerprint density at radius 3 is 2.93 bits per heavy atom. The molecule has 1 radical (unpaired) electrons. The SMILES string of the molecule is [c]1ccnc2ccc3ccccc3c12. The number of pyridine rings is 1. The largest absolute Gasteiger partial charge is 0.256 e. The third-order valence-electron chi connectivity index (χ3n) is 2.42. The van der Waals surface area contributed by atoms with E-state index in [1.54, 1.807) is 6.20 Å². The van der Waals surface area contributed by atoms with Gasteiger partial charge in [0, 0.05) is 11.6 Å². The number of rotatable bonds is 0. The van der Waals surface area contributed by atoms with Gasteiger partial charge >= 0.3 is 0 Å². The van der Waals surface area contributed by atoms with Gasteiger partial charge in [0.25, 0.3) is 0 Å². The summed E-state index contributed by atoms with van der Waals surface area (Å²) in [6, 6.07) is 17.5. The summed E-state index contributed by atoms with van der Waals surface area (Å²) in [5.74, 6) is 0. The molecule has 1 heteroatoms. The molecule has 0 amide bonds. The Bertz CT molecular complexity index is 544. The lowest BCUT2D eigenvalue weighted by Gasteiger charge is -2.01. The second-order valence-corrected chi connectivity index (χ2v) is 3.27. The van der Waals surface area contributed by atoms with Gasteiger partial charge in [-0.25, -0.2) is 0 Å². The van der Waals surface area contributed by atoms with E-state index in [1.807, 2.05) is 24.3 Å². The van der Waals surface area contributed by atoms with Gasteiger partial charge in [-0.2, -0.15) is 0 Å². The van der Waals surface area contributed by atoms with E-state index in [-0.39, 0.29) is 0 Å². The first-order chi connectivity index (χ1) is 6.95. The molecule has 3 rings (SSSR count). The molecule has 0 bridgehead atoms. The second kappa shape index (κ2) is 2.81. The summed E-state index contributed by atoms with van der Waals surface area (Å²) in [4.78, 5) is 4.30. The molecule has 0 N–H and O–H groups in total. The van der Waals surface area contributed by atoms with Crippen molar-refractivity contribution in [2.24, 2.45) is 0 Å². The molecular weight excluding hydrogens is 170 g/mol. The number of hydrogen-bond donors (Lipinski definition) is 0. The highest BCUT2D eigenvalue weighted by atomic mass is 14.6. The van der Waals surface area contributed by atoms with Crippen molar-refractivity contribution in [1.82, 2.24) is 4.98 Å². The quantitative estimate of drug-likeness (QED) is 0.482. The fraction of sp³-hybridized carbons (Fsp3) is 0. The summed E-state index contributed by atoms with van der Waals surface area (Å²) >= 11 is 0. The van der Waals surface area contributed by atoms with Gasteiger partial charge in [-0.05, 0) is 29.0 Å². The van der Waals surface area contributed by atoms with Crippen LogP contribution in [0.15, 0.2) is 48.7 Å². The molecule has 65 valence electrons. The molecule has 0 saturated carbocycles. The fourth-order valence-electron chi connectivity index (χ4n) is 1.76. The fourth-order valence-corrected chi connectivity index (χ4v) is 1.76. The number of aromatic nitrogens is 1. The van der Waals surface area contributed by atoms with Gasteiger partial charge in [0.2, 0.25) is 0 Å². The molecule has 0 fully saturated rings. The summed E-state index contributed by atoms with van der Waals surface area (Å²) in [6.45, 7) is 0. The maximum absolute atomic E-state index is 4.30. The summed E-state index contributed by atoms with van der Waals surface area (Å²) in [5, 5.41) is 3.56. The lowest BCUT2D eigenvalue weighted by molar-refractivity contribution is 1.42. The van der Waals surface area contributed by atoms with Crippen molar-refractivity contribution >= 4 is 21.7 Å². The minimum absolute atomic E-state index is 1.01. The standard InChI is InChI=1S/C13H8N/c1-2-5-11-10(4-1)7-8-13-12(11)6-3-9-14-13/h1-5,7-9H. The third kappa shape index (κ3) is 0.990. The molecule has 0 aliphatic rings. The molecule has 1 aromatic heterocycles. The van der Waals surface area contributed by atoms with Crippen molar-refractivity contribution in [2.75, 3.05) is 0 Å². The van der Waals surface area contributed by atoms with E-state index < -0.39 is 0 Å². The van der Waals surface area contributed by atoms with E-state index in [4.69, 9.17) is 0 Å². The normalized spacial score (nSPS) is 10.9. The summed E-state index contributed by atoms with van der Waals surface area (Å²) < 4.78 is 0. The van der Waals surface area contributed by atoms with Crippen LogP contribution in [-0.4, -0.2) is 4.98 Å². The van der Waals surface area contributed by atoms with Crippen LogP contribution in [0.1, 0.15) is 0 Å². The van der Waals surface area contributed by atoms with Crippen LogP contribution in [0.2, 0.25) is 0 Å².